The molecule has 1 unspecified atom stereocenters. The smallest absolute Gasteiger partial charge is 0.187 e. The molecule has 21 atom stereocenters. The molecule has 2 aromatic rings. The molecule has 0 spiro atoms. The van der Waals surface area contributed by atoms with Gasteiger partial charge in [0, 0.05) is 0 Å². The maximum atomic E-state index is 11.0. The van der Waals surface area contributed by atoms with Gasteiger partial charge < -0.3 is 120 Å². The van der Waals surface area contributed by atoms with Crippen LogP contribution >= 0.6 is 0 Å². The van der Waals surface area contributed by atoms with Crippen LogP contribution in [0, 0.1) is 0 Å². The van der Waals surface area contributed by atoms with Gasteiger partial charge in [-0.2, -0.15) is 0 Å². The quantitative estimate of drug-likeness (QED) is 0.0622. The van der Waals surface area contributed by atoms with Crippen molar-refractivity contribution in [3.63, 3.8) is 0 Å². The van der Waals surface area contributed by atoms with Crippen LogP contribution in [0.3, 0.4) is 0 Å². The zero-order valence-electron chi connectivity index (χ0n) is 33.8. The Hall–Kier alpha value is -2.68. The zero-order chi connectivity index (χ0) is 46.6. The molecule has 366 valence electrons. The number of aliphatic hydroxyl groups is 15. The SMILES string of the molecule is NC(CO)(COCc1cn([C@@H]2O[C@H](CO)[C@@H](O[C@@H]3O[C@H](CO)[C@H](O)[C@H](O)[C@H]3O)[C@H](O)[C@H]2O)nn1)COCc1cn([C@@H]2O[C@H](CO)[C@@H](O[C@@H]3O[C@H](CO)[C@H](O)[C@H](O)[C@H]3O)[C@H](O)[C@@H]2O)nn1. The first-order chi connectivity index (χ1) is 30.5. The number of aliphatic hydroxyl groups excluding tert-OH is 15. The Labute approximate surface area is 361 Å². The predicted octanol–water partition coefficient (Wildman–Crippen LogP) is -11.1. The summed E-state index contributed by atoms with van der Waals surface area (Å²) in [6.45, 7) is -4.69. The molecule has 30 heteroatoms. The molecule has 6 heterocycles. The van der Waals surface area contributed by atoms with Crippen molar-refractivity contribution in [2.75, 3.05) is 46.2 Å². The van der Waals surface area contributed by atoms with Crippen molar-refractivity contribution in [1.29, 1.82) is 0 Å². The third-order valence-corrected chi connectivity index (χ3v) is 11.2. The second-order valence-electron chi connectivity index (χ2n) is 15.9. The minimum absolute atomic E-state index is 0.177. The Morgan fingerprint density at radius 3 is 1.22 bits per heavy atom. The fraction of sp³-hybridized carbons (Fsp3) is 0.882. The van der Waals surface area contributed by atoms with Crippen molar-refractivity contribution in [1.82, 2.24) is 30.0 Å². The van der Waals surface area contributed by atoms with Crippen LogP contribution in [0.2, 0.25) is 0 Å². The zero-order valence-corrected chi connectivity index (χ0v) is 33.8. The van der Waals surface area contributed by atoms with Gasteiger partial charge in [0.15, 0.2) is 25.0 Å². The van der Waals surface area contributed by atoms with Crippen molar-refractivity contribution >= 4 is 0 Å². The van der Waals surface area contributed by atoms with E-state index >= 15 is 0 Å². The monoisotopic (exact) mass is 931 g/mol. The Morgan fingerprint density at radius 1 is 0.500 bits per heavy atom. The van der Waals surface area contributed by atoms with Gasteiger partial charge in [-0.3, -0.25) is 0 Å². The average molecular weight is 932 g/mol. The van der Waals surface area contributed by atoms with Crippen LogP contribution in [-0.4, -0.2) is 269 Å². The first-order valence-electron chi connectivity index (χ1n) is 20.0. The Morgan fingerprint density at radius 2 is 0.875 bits per heavy atom. The van der Waals surface area contributed by atoms with Gasteiger partial charge >= 0.3 is 0 Å². The molecule has 0 aromatic carbocycles. The maximum absolute atomic E-state index is 11.0. The molecule has 0 saturated carbocycles. The first-order valence-corrected chi connectivity index (χ1v) is 20.0. The van der Waals surface area contributed by atoms with Crippen LogP contribution in [0.4, 0.5) is 0 Å². The van der Waals surface area contributed by atoms with Crippen LogP contribution < -0.4 is 5.73 Å². The minimum Gasteiger partial charge on any atom is -0.394 e. The summed E-state index contributed by atoms with van der Waals surface area (Å²) in [5, 5.41) is 169. The summed E-state index contributed by atoms with van der Waals surface area (Å²) in [5.74, 6) is 0. The van der Waals surface area contributed by atoms with Gasteiger partial charge in [0.2, 0.25) is 0 Å². The van der Waals surface area contributed by atoms with E-state index in [0.29, 0.717) is 0 Å². The number of aromatic nitrogens is 6. The molecule has 4 aliphatic heterocycles. The molecule has 64 heavy (non-hydrogen) atoms. The van der Waals surface area contributed by atoms with Gasteiger partial charge in [-0.25, -0.2) is 9.36 Å². The number of ether oxygens (including phenoxy) is 8. The van der Waals surface area contributed by atoms with Crippen molar-refractivity contribution < 1.29 is 114 Å². The number of nitrogens with two attached hydrogens (primary N) is 1. The fourth-order valence-corrected chi connectivity index (χ4v) is 7.44. The van der Waals surface area contributed by atoms with Crippen molar-refractivity contribution in [3.05, 3.63) is 23.8 Å². The summed E-state index contributed by atoms with van der Waals surface area (Å²) in [5.41, 5.74) is 5.17. The van der Waals surface area contributed by atoms with Crippen LogP contribution in [0.5, 0.6) is 0 Å². The number of hydrogen-bond donors (Lipinski definition) is 16. The third-order valence-electron chi connectivity index (χ3n) is 11.2. The molecule has 4 fully saturated rings. The Kier molecular flexibility index (Phi) is 17.4. The molecule has 0 radical (unpaired) electrons. The molecule has 4 aliphatic rings. The molecule has 0 amide bonds. The predicted molar refractivity (Wildman–Crippen MR) is 197 cm³/mol. The fourth-order valence-electron chi connectivity index (χ4n) is 7.44. The molecule has 17 N–H and O–H groups in total. The summed E-state index contributed by atoms with van der Waals surface area (Å²) in [6, 6.07) is 0. The normalized spacial score (nSPS) is 41.8. The highest BCUT2D eigenvalue weighted by Gasteiger charge is 2.53. The molecule has 0 aliphatic carbocycles. The molecule has 2 aromatic heterocycles. The van der Waals surface area contributed by atoms with E-state index < -0.39 is 161 Å². The van der Waals surface area contributed by atoms with Gasteiger partial charge in [-0.15, -0.1) is 10.2 Å². The molecule has 4 saturated heterocycles. The summed E-state index contributed by atoms with van der Waals surface area (Å²) in [6.07, 6.45) is -29.8. The summed E-state index contributed by atoms with van der Waals surface area (Å²) < 4.78 is 46.6. The van der Waals surface area contributed by atoms with Crippen LogP contribution in [0.25, 0.3) is 0 Å². The van der Waals surface area contributed by atoms with E-state index in [-0.39, 0.29) is 37.8 Å². The van der Waals surface area contributed by atoms with Gasteiger partial charge in [-0.05, 0) is 0 Å². The van der Waals surface area contributed by atoms with Crippen LogP contribution in [0.1, 0.15) is 23.8 Å². The minimum atomic E-state index is -1.83. The number of hydrogen-bond acceptors (Lipinski definition) is 28. The van der Waals surface area contributed by atoms with E-state index in [9.17, 15) is 76.6 Å². The lowest BCUT2D eigenvalue weighted by molar-refractivity contribution is -0.347. The standard InChI is InChI=1S/C34H57N7O23/c35-34(9-46,10-57-7-12-1-40(38-36-12)30-24(53)22(51)28(16(5-44)59-30)63-32-26(55)20(49)18(47)14(3-42)61-32)11-58-8-13-2-41(39-37-13)31-25(54)23(52)29(17(6-45)60-31)64-33-27(56)21(50)19(48)15(4-43)62-33/h1-2,14-33,42-56H,3-11,35H2/t14-,15-,16-,17-,18+,19+,20+,21+,22-,23-,24-,25+,26-,27-,28-,29-,30-,31-,32+,33+,34?/m1/s1. The van der Waals surface area contributed by atoms with Crippen molar-refractivity contribution in [2.45, 2.75) is 141 Å². The lowest BCUT2D eigenvalue weighted by Gasteiger charge is -2.45. The highest BCUT2D eigenvalue weighted by atomic mass is 16.7. The topological polar surface area (TPSA) is 465 Å². The van der Waals surface area contributed by atoms with E-state index in [1.807, 2.05) is 0 Å². The molecule has 30 nitrogen and oxygen atoms in total. The largest absolute Gasteiger partial charge is 0.394 e. The van der Waals surface area contributed by atoms with E-state index in [0.717, 1.165) is 9.36 Å². The number of nitrogens with zero attached hydrogens (tertiary/aromatic N) is 6. The molecular weight excluding hydrogens is 874 g/mol. The average Bonchev–Trinajstić information content (AvgIpc) is 3.97. The van der Waals surface area contributed by atoms with E-state index in [1.54, 1.807) is 0 Å². The van der Waals surface area contributed by atoms with Gasteiger partial charge in [0.1, 0.15) is 109 Å². The summed E-state index contributed by atoms with van der Waals surface area (Å²) >= 11 is 0. The maximum Gasteiger partial charge on any atom is 0.187 e. The van der Waals surface area contributed by atoms with Gasteiger partial charge in [0.05, 0.1) is 77.4 Å². The molecule has 0 bridgehead atoms. The van der Waals surface area contributed by atoms with Crippen LogP contribution in [0.15, 0.2) is 12.4 Å². The van der Waals surface area contributed by atoms with E-state index in [2.05, 4.69) is 20.6 Å². The van der Waals surface area contributed by atoms with Gasteiger partial charge in [-0.1, -0.05) is 10.4 Å². The van der Waals surface area contributed by atoms with E-state index in [4.69, 9.17) is 43.6 Å². The van der Waals surface area contributed by atoms with Crippen molar-refractivity contribution in [2.24, 2.45) is 5.73 Å². The lowest BCUT2D eigenvalue weighted by Crippen LogP contribution is -2.63. The second-order valence-corrected chi connectivity index (χ2v) is 15.9. The summed E-state index contributed by atoms with van der Waals surface area (Å²) in [4.78, 5) is 0. The Balaban J connectivity index is 0.969. The van der Waals surface area contributed by atoms with Gasteiger partial charge in [0.25, 0.3) is 0 Å². The lowest BCUT2D eigenvalue weighted by atomic mass is 9.96. The highest BCUT2D eigenvalue weighted by Crippen LogP contribution is 2.34. The third kappa shape index (κ3) is 10.9. The van der Waals surface area contributed by atoms with Crippen LogP contribution in [-0.2, 0) is 51.1 Å². The van der Waals surface area contributed by atoms with Crippen molar-refractivity contribution in [3.8, 4) is 0 Å². The van der Waals surface area contributed by atoms with E-state index in [1.165, 1.54) is 12.4 Å². The number of rotatable bonds is 19. The first kappa shape index (κ1) is 50.7. The molecular formula is C34H57N7O23. The highest BCUT2D eigenvalue weighted by molar-refractivity contribution is 5.00. The Bertz CT molecular complexity index is 1610. The second kappa shape index (κ2) is 22.0. The molecule has 6 rings (SSSR count). The summed E-state index contributed by atoms with van der Waals surface area (Å²) in [7, 11) is 0.